The molecule has 0 atom stereocenters. The SMILES string of the molecule is BrC=C(c1cccc2ccccc12)c1cccc2ccccc12.[Si]. The highest BCUT2D eigenvalue weighted by molar-refractivity contribution is 9.11. The number of rotatable bonds is 2. The summed E-state index contributed by atoms with van der Waals surface area (Å²) in [6, 6.07) is 30.0. The van der Waals surface area contributed by atoms with Gasteiger partial charge in [0, 0.05) is 11.0 Å². The van der Waals surface area contributed by atoms with Gasteiger partial charge in [0.2, 0.25) is 0 Å². The fraction of sp³-hybridized carbons (Fsp3) is 0. The summed E-state index contributed by atoms with van der Waals surface area (Å²) in [4.78, 5) is 2.04. The Balaban J connectivity index is 0.00000169. The molecule has 24 heavy (non-hydrogen) atoms. The third kappa shape index (κ3) is 2.83. The van der Waals surface area contributed by atoms with Gasteiger partial charge in [0.15, 0.2) is 0 Å². The molecule has 0 aliphatic rings. The predicted octanol–water partition coefficient (Wildman–Crippen LogP) is 6.40. The summed E-state index contributed by atoms with van der Waals surface area (Å²) in [5.41, 5.74) is 3.70. The fourth-order valence-corrected chi connectivity index (χ4v) is 3.68. The zero-order valence-electron chi connectivity index (χ0n) is 13.0. The maximum Gasteiger partial charge on any atom is 0 e. The van der Waals surface area contributed by atoms with Crippen molar-refractivity contribution in [3.05, 3.63) is 101 Å². The lowest BCUT2D eigenvalue weighted by Crippen LogP contribution is -1.91. The van der Waals surface area contributed by atoms with Gasteiger partial charge in [-0.3, -0.25) is 0 Å². The van der Waals surface area contributed by atoms with Crippen molar-refractivity contribution in [2.75, 3.05) is 0 Å². The van der Waals surface area contributed by atoms with Crippen LogP contribution in [0.25, 0.3) is 27.1 Å². The van der Waals surface area contributed by atoms with Gasteiger partial charge in [0.1, 0.15) is 0 Å². The Morgan fingerprint density at radius 3 is 1.46 bits per heavy atom. The standard InChI is InChI=1S/C22H15Br.Si/c23-15-22(20-13-5-9-16-7-1-3-11-18(16)20)21-14-6-10-17-8-2-4-12-19(17)21;/h1-15H;. The fourth-order valence-electron chi connectivity index (χ4n) is 3.18. The van der Waals surface area contributed by atoms with Crippen LogP contribution in [0.1, 0.15) is 11.1 Å². The van der Waals surface area contributed by atoms with Crippen LogP contribution in [0.2, 0.25) is 0 Å². The van der Waals surface area contributed by atoms with E-state index in [2.05, 4.69) is 101 Å². The first-order valence-corrected chi connectivity index (χ1v) is 8.57. The highest BCUT2D eigenvalue weighted by Crippen LogP contribution is 2.34. The van der Waals surface area contributed by atoms with E-state index in [1.807, 2.05) is 4.99 Å². The summed E-state index contributed by atoms with van der Waals surface area (Å²) in [6.07, 6.45) is 0. The molecule has 0 heterocycles. The average molecular weight is 387 g/mol. The molecule has 4 rings (SSSR count). The number of hydrogen-bond acceptors (Lipinski definition) is 0. The van der Waals surface area contributed by atoms with Crippen molar-refractivity contribution in [1.29, 1.82) is 0 Å². The molecule has 114 valence electrons. The van der Waals surface area contributed by atoms with E-state index in [0.29, 0.717) is 0 Å². The second kappa shape index (κ2) is 7.16. The zero-order valence-corrected chi connectivity index (χ0v) is 15.6. The molecule has 0 spiro atoms. The van der Waals surface area contributed by atoms with Crippen LogP contribution in [0.4, 0.5) is 0 Å². The molecular formula is C22H15BrSi. The molecule has 0 nitrogen and oxygen atoms in total. The summed E-state index contributed by atoms with van der Waals surface area (Å²) < 4.78 is 0. The summed E-state index contributed by atoms with van der Waals surface area (Å²) in [6.45, 7) is 0. The molecule has 4 radical (unpaired) electrons. The lowest BCUT2D eigenvalue weighted by atomic mass is 9.91. The van der Waals surface area contributed by atoms with Gasteiger partial charge in [-0.2, -0.15) is 0 Å². The zero-order chi connectivity index (χ0) is 15.6. The third-order valence-electron chi connectivity index (χ3n) is 4.27. The van der Waals surface area contributed by atoms with E-state index < -0.39 is 0 Å². The molecule has 0 N–H and O–H groups in total. The number of hydrogen-bond donors (Lipinski definition) is 0. The van der Waals surface area contributed by atoms with E-state index in [4.69, 9.17) is 0 Å². The van der Waals surface area contributed by atoms with Gasteiger partial charge in [-0.05, 0) is 43.2 Å². The van der Waals surface area contributed by atoms with Crippen molar-refractivity contribution in [2.24, 2.45) is 0 Å². The van der Waals surface area contributed by atoms with E-state index in [1.165, 1.54) is 38.2 Å². The van der Waals surface area contributed by atoms with Crippen molar-refractivity contribution in [3.63, 3.8) is 0 Å². The predicted molar refractivity (Wildman–Crippen MR) is 110 cm³/mol. The molecule has 0 fully saturated rings. The Kier molecular flexibility index (Phi) is 4.98. The first kappa shape index (κ1) is 16.7. The quantitative estimate of drug-likeness (QED) is 0.349. The number of halogens is 1. The smallest absolute Gasteiger partial charge is 0 e. The molecule has 4 aromatic carbocycles. The van der Waals surface area contributed by atoms with Crippen LogP contribution in [0.15, 0.2) is 89.9 Å². The first-order valence-electron chi connectivity index (χ1n) is 7.65. The maximum atomic E-state index is 3.60. The van der Waals surface area contributed by atoms with Gasteiger partial charge < -0.3 is 0 Å². The number of fused-ring (bicyclic) bond motifs is 2. The highest BCUT2D eigenvalue weighted by Gasteiger charge is 2.11. The van der Waals surface area contributed by atoms with Crippen molar-refractivity contribution < 1.29 is 0 Å². The van der Waals surface area contributed by atoms with Crippen LogP contribution in [0.3, 0.4) is 0 Å². The van der Waals surface area contributed by atoms with Gasteiger partial charge in [0.25, 0.3) is 0 Å². The molecule has 4 aromatic rings. The summed E-state index contributed by atoms with van der Waals surface area (Å²) >= 11 is 3.60. The van der Waals surface area contributed by atoms with Gasteiger partial charge in [-0.1, -0.05) is 101 Å². The normalized spacial score (nSPS) is 10.4. The summed E-state index contributed by atoms with van der Waals surface area (Å²) in [7, 11) is 0. The molecule has 0 aliphatic heterocycles. The van der Waals surface area contributed by atoms with Crippen LogP contribution in [-0.2, 0) is 0 Å². The topological polar surface area (TPSA) is 0 Å². The largest absolute Gasteiger partial charge is 0.0616 e. The van der Waals surface area contributed by atoms with E-state index in [0.717, 1.165) is 0 Å². The van der Waals surface area contributed by atoms with Crippen LogP contribution in [-0.4, -0.2) is 11.0 Å². The molecule has 0 saturated carbocycles. The molecule has 0 saturated heterocycles. The van der Waals surface area contributed by atoms with E-state index in [9.17, 15) is 0 Å². The summed E-state index contributed by atoms with van der Waals surface area (Å²) in [5.74, 6) is 0. The third-order valence-corrected chi connectivity index (χ3v) is 4.73. The Bertz CT molecular complexity index is 942. The van der Waals surface area contributed by atoms with Crippen LogP contribution >= 0.6 is 15.9 Å². The van der Waals surface area contributed by atoms with Crippen molar-refractivity contribution in [3.8, 4) is 0 Å². The average Bonchev–Trinajstić information content (AvgIpc) is 2.63. The van der Waals surface area contributed by atoms with Crippen LogP contribution in [0, 0.1) is 0 Å². The van der Waals surface area contributed by atoms with E-state index in [1.54, 1.807) is 0 Å². The Morgan fingerprint density at radius 1 is 0.583 bits per heavy atom. The molecule has 0 aliphatic carbocycles. The van der Waals surface area contributed by atoms with Crippen molar-refractivity contribution >= 4 is 54.0 Å². The van der Waals surface area contributed by atoms with Crippen LogP contribution < -0.4 is 0 Å². The Morgan fingerprint density at radius 2 is 1.00 bits per heavy atom. The number of benzene rings is 4. The van der Waals surface area contributed by atoms with Gasteiger partial charge in [0.05, 0.1) is 0 Å². The minimum Gasteiger partial charge on any atom is -0.0616 e. The maximum absolute atomic E-state index is 3.60. The van der Waals surface area contributed by atoms with Crippen LogP contribution in [0.5, 0.6) is 0 Å². The van der Waals surface area contributed by atoms with Gasteiger partial charge in [-0.15, -0.1) is 0 Å². The Labute approximate surface area is 155 Å². The van der Waals surface area contributed by atoms with Gasteiger partial charge in [-0.25, -0.2) is 0 Å². The lowest BCUT2D eigenvalue weighted by molar-refractivity contribution is 1.62. The van der Waals surface area contributed by atoms with E-state index >= 15 is 0 Å². The lowest BCUT2D eigenvalue weighted by Gasteiger charge is -2.13. The monoisotopic (exact) mass is 386 g/mol. The molecule has 0 unspecified atom stereocenters. The molecule has 2 heteroatoms. The molecule has 0 amide bonds. The Hall–Kier alpha value is -2.16. The minimum atomic E-state index is 0. The molecular weight excluding hydrogens is 372 g/mol. The van der Waals surface area contributed by atoms with E-state index in [-0.39, 0.29) is 11.0 Å². The van der Waals surface area contributed by atoms with Crippen molar-refractivity contribution in [1.82, 2.24) is 0 Å². The second-order valence-corrected chi connectivity index (χ2v) is 6.03. The summed E-state index contributed by atoms with van der Waals surface area (Å²) in [5, 5.41) is 5.07. The highest BCUT2D eigenvalue weighted by atomic mass is 79.9. The molecule has 0 bridgehead atoms. The van der Waals surface area contributed by atoms with Crippen molar-refractivity contribution in [2.45, 2.75) is 0 Å². The van der Waals surface area contributed by atoms with Gasteiger partial charge >= 0.3 is 0 Å². The minimum absolute atomic E-state index is 0. The molecule has 0 aromatic heterocycles. The second-order valence-electron chi connectivity index (χ2n) is 5.58. The first-order chi connectivity index (χ1) is 11.4.